The lowest BCUT2D eigenvalue weighted by Crippen LogP contribution is -2.22. The first-order valence-corrected chi connectivity index (χ1v) is 3.22. The molecule has 0 saturated carbocycles. The van der Waals surface area contributed by atoms with Gasteiger partial charge in [-0.3, -0.25) is 0 Å². The standard InChI is InChI=1S/C8H7F2N/c1-8(10)4-7(9)3-2-6(8)5-11/h2-3H,4H2,1H3. The molecule has 1 unspecified atom stereocenters. The Labute approximate surface area is 63.6 Å². The number of rotatable bonds is 0. The second-order valence-corrected chi connectivity index (χ2v) is 2.68. The quantitative estimate of drug-likeness (QED) is 0.527. The van der Waals surface area contributed by atoms with Gasteiger partial charge in [0, 0.05) is 6.42 Å². The van der Waals surface area contributed by atoms with E-state index < -0.39 is 11.5 Å². The fraction of sp³-hybridized carbons (Fsp3) is 0.375. The van der Waals surface area contributed by atoms with E-state index in [2.05, 4.69) is 0 Å². The molecule has 1 aliphatic rings. The molecule has 3 heteroatoms. The van der Waals surface area contributed by atoms with E-state index in [9.17, 15) is 8.78 Å². The molecule has 0 aromatic heterocycles. The minimum atomic E-state index is -1.83. The van der Waals surface area contributed by atoms with Crippen molar-refractivity contribution in [1.82, 2.24) is 0 Å². The normalized spacial score (nSPS) is 30.4. The van der Waals surface area contributed by atoms with Crippen molar-refractivity contribution in [3.05, 3.63) is 23.6 Å². The molecule has 0 N–H and O–H groups in total. The number of alkyl halides is 1. The summed E-state index contributed by atoms with van der Waals surface area (Å²) in [7, 11) is 0. The number of halogens is 2. The Morgan fingerprint density at radius 2 is 2.27 bits per heavy atom. The second-order valence-electron chi connectivity index (χ2n) is 2.68. The maximum Gasteiger partial charge on any atom is 0.149 e. The number of nitriles is 1. The van der Waals surface area contributed by atoms with E-state index in [-0.39, 0.29) is 12.0 Å². The largest absolute Gasteiger partial charge is 0.238 e. The molecule has 0 spiro atoms. The SMILES string of the molecule is CC1(F)CC(F)=CC=C1C#N. The molecular weight excluding hydrogens is 148 g/mol. The highest BCUT2D eigenvalue weighted by Gasteiger charge is 2.32. The Kier molecular flexibility index (Phi) is 1.77. The number of allylic oxidation sites excluding steroid dienone is 4. The zero-order valence-electron chi connectivity index (χ0n) is 6.06. The van der Waals surface area contributed by atoms with Crippen LogP contribution in [0.25, 0.3) is 0 Å². The van der Waals surface area contributed by atoms with Crippen LogP contribution in [0, 0.1) is 11.3 Å². The summed E-state index contributed by atoms with van der Waals surface area (Å²) < 4.78 is 25.7. The molecule has 0 amide bonds. The zero-order chi connectivity index (χ0) is 8.48. The molecule has 11 heavy (non-hydrogen) atoms. The Balaban J connectivity index is 3.01. The molecule has 1 atom stereocenters. The summed E-state index contributed by atoms with van der Waals surface area (Å²) in [5, 5.41) is 8.40. The summed E-state index contributed by atoms with van der Waals surface area (Å²) in [5.74, 6) is -0.519. The van der Waals surface area contributed by atoms with E-state index in [1.165, 1.54) is 13.0 Å². The summed E-state index contributed by atoms with van der Waals surface area (Å²) >= 11 is 0. The third kappa shape index (κ3) is 1.45. The molecule has 1 nitrogen and oxygen atoms in total. The Bertz CT molecular complexity index is 268. The third-order valence-electron chi connectivity index (χ3n) is 1.61. The van der Waals surface area contributed by atoms with Crippen LogP contribution in [-0.2, 0) is 0 Å². The van der Waals surface area contributed by atoms with Gasteiger partial charge >= 0.3 is 0 Å². The Hall–Kier alpha value is -1.17. The van der Waals surface area contributed by atoms with Gasteiger partial charge in [-0.1, -0.05) is 0 Å². The monoisotopic (exact) mass is 155 g/mol. The summed E-state index contributed by atoms with van der Waals surface area (Å²) in [6.45, 7) is 1.20. The minimum absolute atomic E-state index is 0.0149. The molecule has 0 bridgehead atoms. The summed E-state index contributed by atoms with van der Waals surface area (Å²) in [6.07, 6.45) is 1.98. The lowest BCUT2D eigenvalue weighted by molar-refractivity contribution is 0.229. The molecule has 0 aliphatic heterocycles. The van der Waals surface area contributed by atoms with Crippen molar-refractivity contribution in [2.75, 3.05) is 0 Å². The van der Waals surface area contributed by atoms with Crippen molar-refractivity contribution in [2.45, 2.75) is 19.0 Å². The summed E-state index contributed by atoms with van der Waals surface area (Å²) in [5.41, 5.74) is -1.84. The topological polar surface area (TPSA) is 23.8 Å². The first-order valence-electron chi connectivity index (χ1n) is 3.22. The van der Waals surface area contributed by atoms with E-state index in [0.717, 1.165) is 6.08 Å². The molecule has 0 saturated heterocycles. The van der Waals surface area contributed by atoms with Crippen LogP contribution in [0.4, 0.5) is 8.78 Å². The van der Waals surface area contributed by atoms with E-state index in [1.807, 2.05) is 0 Å². The van der Waals surface area contributed by atoms with Crippen molar-refractivity contribution >= 4 is 0 Å². The second kappa shape index (κ2) is 2.46. The van der Waals surface area contributed by atoms with Crippen molar-refractivity contribution in [3.63, 3.8) is 0 Å². The highest BCUT2D eigenvalue weighted by Crippen LogP contribution is 2.32. The van der Waals surface area contributed by atoms with Crippen LogP contribution < -0.4 is 0 Å². The Morgan fingerprint density at radius 1 is 1.64 bits per heavy atom. The van der Waals surface area contributed by atoms with Crippen LogP contribution >= 0.6 is 0 Å². The number of nitrogens with zero attached hydrogens (tertiary/aromatic N) is 1. The first-order chi connectivity index (χ1) is 5.06. The molecule has 58 valence electrons. The molecule has 0 radical (unpaired) electrons. The first kappa shape index (κ1) is 7.93. The van der Waals surface area contributed by atoms with Crippen molar-refractivity contribution in [3.8, 4) is 6.07 Å². The predicted octanol–water partition coefficient (Wildman–Crippen LogP) is 2.42. The van der Waals surface area contributed by atoms with Crippen molar-refractivity contribution in [1.29, 1.82) is 5.26 Å². The average Bonchev–Trinajstić information content (AvgIpc) is 1.85. The van der Waals surface area contributed by atoms with Gasteiger partial charge in [0.05, 0.1) is 11.6 Å². The van der Waals surface area contributed by atoms with E-state index in [1.54, 1.807) is 6.07 Å². The molecule has 1 aliphatic carbocycles. The summed E-state index contributed by atoms with van der Waals surface area (Å²) in [4.78, 5) is 0. The van der Waals surface area contributed by atoms with Gasteiger partial charge in [-0.2, -0.15) is 5.26 Å². The van der Waals surface area contributed by atoms with Crippen LogP contribution in [0.3, 0.4) is 0 Å². The molecule has 0 fully saturated rings. The lowest BCUT2D eigenvalue weighted by Gasteiger charge is -2.20. The van der Waals surface area contributed by atoms with E-state index in [0.29, 0.717) is 0 Å². The van der Waals surface area contributed by atoms with Crippen LogP contribution in [0.5, 0.6) is 0 Å². The Morgan fingerprint density at radius 3 is 2.73 bits per heavy atom. The fourth-order valence-electron chi connectivity index (χ4n) is 0.973. The molecular formula is C8H7F2N. The van der Waals surface area contributed by atoms with E-state index in [4.69, 9.17) is 5.26 Å². The number of hydrogen-bond acceptors (Lipinski definition) is 1. The van der Waals surface area contributed by atoms with Gasteiger partial charge in [-0.15, -0.1) is 0 Å². The zero-order valence-corrected chi connectivity index (χ0v) is 6.06. The maximum atomic E-state index is 13.2. The molecule has 1 rings (SSSR count). The van der Waals surface area contributed by atoms with Crippen LogP contribution in [-0.4, -0.2) is 5.67 Å². The maximum absolute atomic E-state index is 13.2. The van der Waals surface area contributed by atoms with Crippen LogP contribution in [0.1, 0.15) is 13.3 Å². The third-order valence-corrected chi connectivity index (χ3v) is 1.61. The van der Waals surface area contributed by atoms with Crippen molar-refractivity contribution in [2.24, 2.45) is 0 Å². The van der Waals surface area contributed by atoms with Gasteiger partial charge in [-0.05, 0) is 19.1 Å². The van der Waals surface area contributed by atoms with E-state index >= 15 is 0 Å². The highest BCUT2D eigenvalue weighted by molar-refractivity contribution is 5.38. The van der Waals surface area contributed by atoms with Gasteiger partial charge < -0.3 is 0 Å². The van der Waals surface area contributed by atoms with Crippen LogP contribution in [0.2, 0.25) is 0 Å². The fourth-order valence-corrected chi connectivity index (χ4v) is 0.973. The lowest BCUT2D eigenvalue weighted by atomic mass is 9.90. The van der Waals surface area contributed by atoms with Crippen LogP contribution in [0.15, 0.2) is 23.6 Å². The molecule has 0 heterocycles. The van der Waals surface area contributed by atoms with Crippen molar-refractivity contribution < 1.29 is 8.78 Å². The predicted molar refractivity (Wildman–Crippen MR) is 37.0 cm³/mol. The van der Waals surface area contributed by atoms with Gasteiger partial charge in [-0.25, -0.2) is 8.78 Å². The van der Waals surface area contributed by atoms with Gasteiger partial charge in [0.1, 0.15) is 11.5 Å². The van der Waals surface area contributed by atoms with Gasteiger partial charge in [0.15, 0.2) is 0 Å². The van der Waals surface area contributed by atoms with Gasteiger partial charge in [0.25, 0.3) is 0 Å². The van der Waals surface area contributed by atoms with Gasteiger partial charge in [0.2, 0.25) is 0 Å². The number of hydrogen-bond donors (Lipinski definition) is 0. The molecule has 0 aromatic carbocycles. The minimum Gasteiger partial charge on any atom is -0.238 e. The summed E-state index contributed by atoms with van der Waals surface area (Å²) in [6, 6.07) is 1.69. The molecule has 0 aromatic rings. The average molecular weight is 155 g/mol. The highest BCUT2D eigenvalue weighted by atomic mass is 19.1. The smallest absolute Gasteiger partial charge is 0.149 e.